The number of nitrogens with zero attached hydrogens (tertiary/aromatic N) is 2. The molecule has 2 heterocycles. The van der Waals surface area contributed by atoms with Crippen LogP contribution in [0.5, 0.6) is 0 Å². The summed E-state index contributed by atoms with van der Waals surface area (Å²) in [5.74, 6) is 0.354. The van der Waals surface area contributed by atoms with Crippen LogP contribution in [0.2, 0.25) is 0 Å². The number of nitrogens with one attached hydrogen (secondary N) is 1. The zero-order valence-corrected chi connectivity index (χ0v) is 18.9. The van der Waals surface area contributed by atoms with Crippen LogP contribution >= 0.6 is 0 Å². The molecule has 2 amide bonds. The molecule has 0 bridgehead atoms. The van der Waals surface area contributed by atoms with Crippen molar-refractivity contribution in [2.75, 3.05) is 36.5 Å². The molecule has 3 aliphatic rings. The predicted molar refractivity (Wildman–Crippen MR) is 120 cm³/mol. The van der Waals surface area contributed by atoms with Crippen LogP contribution in [0.3, 0.4) is 0 Å². The van der Waals surface area contributed by atoms with Gasteiger partial charge in [-0.25, -0.2) is 8.42 Å². The molecule has 1 aromatic rings. The fourth-order valence-corrected chi connectivity index (χ4v) is 6.99. The molecule has 1 unspecified atom stereocenters. The third kappa shape index (κ3) is 5.66. The van der Waals surface area contributed by atoms with Gasteiger partial charge in [0.25, 0.3) is 0 Å². The summed E-state index contributed by atoms with van der Waals surface area (Å²) in [5, 5.41) is 2.98. The van der Waals surface area contributed by atoms with Crippen LogP contribution in [0, 0.1) is 5.92 Å². The van der Waals surface area contributed by atoms with Crippen LogP contribution in [-0.4, -0.2) is 73.3 Å². The van der Waals surface area contributed by atoms with E-state index in [0.717, 1.165) is 44.2 Å². The third-order valence-electron chi connectivity index (χ3n) is 6.97. The Hall–Kier alpha value is -1.93. The molecular weight excluding hydrogens is 414 g/mol. The molecule has 170 valence electrons. The van der Waals surface area contributed by atoms with Gasteiger partial charge in [-0.2, -0.15) is 0 Å². The van der Waals surface area contributed by atoms with Crippen molar-refractivity contribution < 1.29 is 18.0 Å². The molecule has 1 aromatic carbocycles. The summed E-state index contributed by atoms with van der Waals surface area (Å²) < 4.78 is 24.0. The van der Waals surface area contributed by atoms with Gasteiger partial charge in [-0.15, -0.1) is 0 Å². The maximum atomic E-state index is 13.3. The third-order valence-corrected chi connectivity index (χ3v) is 8.72. The highest BCUT2D eigenvalue weighted by Gasteiger charge is 2.39. The Bertz CT molecular complexity index is 875. The van der Waals surface area contributed by atoms with E-state index in [4.69, 9.17) is 0 Å². The molecule has 31 heavy (non-hydrogen) atoms. The summed E-state index contributed by atoms with van der Waals surface area (Å²) in [6, 6.07) is 9.49. The number of benzene rings is 1. The Labute approximate surface area is 185 Å². The van der Waals surface area contributed by atoms with Crippen molar-refractivity contribution in [1.29, 1.82) is 0 Å². The predicted octanol–water partition coefficient (Wildman–Crippen LogP) is 2.30. The highest BCUT2D eigenvalue weighted by molar-refractivity contribution is 7.91. The van der Waals surface area contributed by atoms with Crippen LogP contribution < -0.4 is 5.32 Å². The van der Waals surface area contributed by atoms with E-state index in [0.29, 0.717) is 26.1 Å². The largest absolute Gasteiger partial charge is 0.335 e. The monoisotopic (exact) mass is 447 g/mol. The maximum Gasteiger partial charge on any atom is 0.237 e. The van der Waals surface area contributed by atoms with Crippen molar-refractivity contribution in [3.8, 4) is 0 Å². The van der Waals surface area contributed by atoms with E-state index in [1.54, 1.807) is 0 Å². The summed E-state index contributed by atoms with van der Waals surface area (Å²) in [4.78, 5) is 29.9. The number of para-hydroxylation sites is 1. The lowest BCUT2D eigenvalue weighted by Crippen LogP contribution is -2.51. The number of hydrogen-bond acceptors (Lipinski definition) is 5. The van der Waals surface area contributed by atoms with Crippen LogP contribution in [0.1, 0.15) is 44.9 Å². The fraction of sp³-hybridized carbons (Fsp3) is 0.652. The van der Waals surface area contributed by atoms with Gasteiger partial charge in [0.2, 0.25) is 11.8 Å². The number of anilines is 1. The minimum absolute atomic E-state index is 0.0425. The summed E-state index contributed by atoms with van der Waals surface area (Å²) >= 11 is 0. The van der Waals surface area contributed by atoms with Gasteiger partial charge in [0.15, 0.2) is 9.84 Å². The van der Waals surface area contributed by atoms with Gasteiger partial charge < -0.3 is 10.2 Å². The van der Waals surface area contributed by atoms with Crippen molar-refractivity contribution in [1.82, 2.24) is 9.80 Å². The standard InChI is InChI=1S/C23H33N3O4S/c27-22(26(20-8-4-5-9-20)21-12-15-31(29,30)17-21)16-25-13-10-18(11-14-25)23(28)24-19-6-2-1-3-7-19/h1-3,6-7,18,20-21H,4-5,8-17H2,(H,24,28). The molecule has 3 fully saturated rings. The van der Waals surface area contributed by atoms with Crippen LogP contribution in [0.15, 0.2) is 30.3 Å². The summed E-state index contributed by atoms with van der Waals surface area (Å²) in [5.41, 5.74) is 0.809. The molecule has 0 aromatic heterocycles. The van der Waals surface area contributed by atoms with Gasteiger partial charge in [-0.05, 0) is 57.3 Å². The Kier molecular flexibility index (Phi) is 6.96. The molecule has 7 nitrogen and oxygen atoms in total. The molecule has 1 atom stereocenters. The molecule has 0 spiro atoms. The van der Waals surface area contributed by atoms with E-state index < -0.39 is 9.84 Å². The van der Waals surface area contributed by atoms with E-state index in [-0.39, 0.29) is 41.3 Å². The van der Waals surface area contributed by atoms with E-state index in [2.05, 4.69) is 10.2 Å². The molecule has 2 saturated heterocycles. The maximum absolute atomic E-state index is 13.3. The molecule has 0 radical (unpaired) electrons. The van der Waals surface area contributed by atoms with Gasteiger partial charge in [0, 0.05) is 23.7 Å². The zero-order chi connectivity index (χ0) is 21.8. The van der Waals surface area contributed by atoms with Crippen LogP contribution in [-0.2, 0) is 19.4 Å². The lowest BCUT2D eigenvalue weighted by Gasteiger charge is -2.37. The second-order valence-electron chi connectivity index (χ2n) is 9.20. The van der Waals surface area contributed by atoms with Gasteiger partial charge in [-0.1, -0.05) is 31.0 Å². The van der Waals surface area contributed by atoms with Crippen LogP contribution in [0.4, 0.5) is 5.69 Å². The first-order valence-corrected chi connectivity index (χ1v) is 13.3. The van der Waals surface area contributed by atoms with E-state index in [1.807, 2.05) is 35.2 Å². The quantitative estimate of drug-likeness (QED) is 0.723. The van der Waals surface area contributed by atoms with Crippen molar-refractivity contribution >= 4 is 27.3 Å². The molecule has 1 N–H and O–H groups in total. The topological polar surface area (TPSA) is 86.8 Å². The highest BCUT2D eigenvalue weighted by Crippen LogP contribution is 2.30. The summed E-state index contributed by atoms with van der Waals surface area (Å²) in [6.45, 7) is 1.74. The van der Waals surface area contributed by atoms with Gasteiger partial charge in [0.1, 0.15) is 0 Å². The Morgan fingerprint density at radius 3 is 2.26 bits per heavy atom. The molecule has 8 heteroatoms. The number of rotatable bonds is 6. The molecule has 4 rings (SSSR count). The van der Waals surface area contributed by atoms with E-state index in [9.17, 15) is 18.0 Å². The number of hydrogen-bond donors (Lipinski definition) is 1. The highest BCUT2D eigenvalue weighted by atomic mass is 32.2. The Morgan fingerprint density at radius 1 is 0.968 bits per heavy atom. The number of piperidine rings is 1. The lowest BCUT2D eigenvalue weighted by atomic mass is 9.95. The zero-order valence-electron chi connectivity index (χ0n) is 18.0. The van der Waals surface area contributed by atoms with Gasteiger partial charge in [0.05, 0.1) is 18.1 Å². The first-order chi connectivity index (χ1) is 14.9. The first-order valence-electron chi connectivity index (χ1n) is 11.5. The average molecular weight is 448 g/mol. The smallest absolute Gasteiger partial charge is 0.237 e. The Balaban J connectivity index is 1.31. The molecular formula is C23H33N3O4S. The summed E-state index contributed by atoms with van der Waals surface area (Å²) in [7, 11) is -3.03. The second kappa shape index (κ2) is 9.69. The molecule has 2 aliphatic heterocycles. The minimum atomic E-state index is -3.03. The molecule has 1 saturated carbocycles. The lowest BCUT2D eigenvalue weighted by molar-refractivity contribution is -0.137. The van der Waals surface area contributed by atoms with Gasteiger partial charge in [-0.3, -0.25) is 14.5 Å². The van der Waals surface area contributed by atoms with Crippen molar-refractivity contribution in [3.63, 3.8) is 0 Å². The number of likely N-dealkylation sites (tertiary alicyclic amines) is 1. The first kappa shape index (κ1) is 22.3. The molecule has 1 aliphatic carbocycles. The van der Waals surface area contributed by atoms with Crippen molar-refractivity contribution in [2.24, 2.45) is 5.92 Å². The van der Waals surface area contributed by atoms with Gasteiger partial charge >= 0.3 is 0 Å². The average Bonchev–Trinajstić information content (AvgIpc) is 3.39. The number of carbonyl (C=O) groups is 2. The van der Waals surface area contributed by atoms with Crippen molar-refractivity contribution in [3.05, 3.63) is 30.3 Å². The number of carbonyl (C=O) groups excluding carboxylic acids is 2. The summed E-state index contributed by atoms with van der Waals surface area (Å²) in [6.07, 6.45) is 6.19. The normalized spacial score (nSPS) is 24.8. The second-order valence-corrected chi connectivity index (χ2v) is 11.4. The SMILES string of the molecule is O=C(Nc1ccccc1)C1CCN(CC(=O)N(C2CCCC2)C2CCS(=O)(=O)C2)CC1. The Morgan fingerprint density at radius 2 is 1.65 bits per heavy atom. The van der Waals surface area contributed by atoms with E-state index in [1.165, 1.54) is 0 Å². The number of sulfone groups is 1. The number of amides is 2. The fourth-order valence-electron chi connectivity index (χ4n) is 5.27. The van der Waals surface area contributed by atoms with E-state index >= 15 is 0 Å². The minimum Gasteiger partial charge on any atom is -0.335 e. The van der Waals surface area contributed by atoms with Crippen molar-refractivity contribution in [2.45, 2.75) is 57.0 Å². The van der Waals surface area contributed by atoms with Crippen LogP contribution in [0.25, 0.3) is 0 Å².